The summed E-state index contributed by atoms with van der Waals surface area (Å²) in [6, 6.07) is 5.15. The van der Waals surface area contributed by atoms with E-state index in [0.29, 0.717) is 23.7 Å². The van der Waals surface area contributed by atoms with Gasteiger partial charge in [0.25, 0.3) is 0 Å². The van der Waals surface area contributed by atoms with Crippen LogP contribution in [0.4, 0.5) is 0 Å². The Hall–Kier alpha value is -0.700. The molecule has 0 amide bonds. The highest BCUT2D eigenvalue weighted by Gasteiger charge is 2.15. The third-order valence-corrected chi connectivity index (χ3v) is 5.81. The minimum absolute atomic E-state index is 0.327. The summed E-state index contributed by atoms with van der Waals surface area (Å²) in [4.78, 5) is 0. The van der Waals surface area contributed by atoms with E-state index in [4.69, 9.17) is 0 Å². The van der Waals surface area contributed by atoms with Crippen LogP contribution in [0, 0.1) is 0 Å². The van der Waals surface area contributed by atoms with Gasteiger partial charge in [-0.1, -0.05) is 0 Å². The van der Waals surface area contributed by atoms with E-state index in [1.54, 1.807) is 23.0 Å². The van der Waals surface area contributed by atoms with Crippen molar-refractivity contribution >= 4 is 37.3 Å². The zero-order valence-electron chi connectivity index (χ0n) is 9.41. The maximum atomic E-state index is 11.9. The summed E-state index contributed by atoms with van der Waals surface area (Å²) >= 11 is 4.45. The van der Waals surface area contributed by atoms with Crippen LogP contribution in [0.5, 0.6) is 0 Å². The van der Waals surface area contributed by atoms with E-state index in [1.807, 2.05) is 12.3 Å². The molecule has 0 spiro atoms. The van der Waals surface area contributed by atoms with Crippen molar-refractivity contribution in [3.8, 4) is 0 Å². The minimum atomic E-state index is -3.37. The summed E-state index contributed by atoms with van der Waals surface area (Å²) in [5.41, 5.74) is 0. The molecule has 2 heterocycles. The molecule has 0 saturated carbocycles. The van der Waals surface area contributed by atoms with Crippen molar-refractivity contribution in [1.82, 2.24) is 14.5 Å². The predicted octanol–water partition coefficient (Wildman–Crippen LogP) is 2.08. The van der Waals surface area contributed by atoms with Crippen LogP contribution in [-0.4, -0.2) is 24.7 Å². The summed E-state index contributed by atoms with van der Waals surface area (Å²) in [6.07, 6.45) is 4.26. The standard InChI is InChI=1S/C10H12BrN3O2S2/c11-9-3-4-10(17-9)18(15,16)13-6-2-8-14-7-1-5-12-14/h1,3-5,7,13H,2,6,8H2. The first kappa shape index (κ1) is 13.7. The quantitative estimate of drug-likeness (QED) is 0.812. The Kier molecular flexibility index (Phi) is 4.55. The Labute approximate surface area is 118 Å². The highest BCUT2D eigenvalue weighted by Crippen LogP contribution is 2.25. The van der Waals surface area contributed by atoms with E-state index in [2.05, 4.69) is 25.8 Å². The molecule has 8 heteroatoms. The van der Waals surface area contributed by atoms with Gasteiger partial charge in [0.2, 0.25) is 10.0 Å². The molecule has 5 nitrogen and oxygen atoms in total. The Bertz CT molecular complexity index is 592. The number of hydrogen-bond donors (Lipinski definition) is 1. The zero-order valence-corrected chi connectivity index (χ0v) is 12.6. The monoisotopic (exact) mass is 349 g/mol. The fourth-order valence-corrected chi connectivity index (χ4v) is 4.52. The number of rotatable bonds is 6. The summed E-state index contributed by atoms with van der Waals surface area (Å²) in [5, 5.41) is 4.05. The molecule has 98 valence electrons. The summed E-state index contributed by atoms with van der Waals surface area (Å²) < 4.78 is 29.2. The SMILES string of the molecule is O=S(=O)(NCCCn1cccn1)c1ccc(Br)s1. The molecule has 1 N–H and O–H groups in total. The van der Waals surface area contributed by atoms with E-state index >= 15 is 0 Å². The van der Waals surface area contributed by atoms with Crippen LogP contribution in [0.1, 0.15) is 6.42 Å². The first-order valence-corrected chi connectivity index (χ1v) is 8.39. The van der Waals surface area contributed by atoms with Crippen molar-refractivity contribution < 1.29 is 8.42 Å². The molecule has 0 aliphatic carbocycles. The molecule has 0 aliphatic heterocycles. The number of aryl methyl sites for hydroxylation is 1. The van der Waals surface area contributed by atoms with Crippen LogP contribution in [0.3, 0.4) is 0 Å². The van der Waals surface area contributed by atoms with Crippen molar-refractivity contribution in [3.05, 3.63) is 34.4 Å². The second-order valence-corrected chi connectivity index (χ2v) is 8.04. The topological polar surface area (TPSA) is 64.0 Å². The second-order valence-electron chi connectivity index (χ2n) is 3.58. The van der Waals surface area contributed by atoms with Crippen LogP contribution in [0.25, 0.3) is 0 Å². The first-order valence-electron chi connectivity index (χ1n) is 5.30. The lowest BCUT2D eigenvalue weighted by Gasteiger charge is -2.04. The number of nitrogens with one attached hydrogen (secondary N) is 1. The molecule has 2 rings (SSSR count). The third kappa shape index (κ3) is 3.64. The second kappa shape index (κ2) is 5.96. The van der Waals surface area contributed by atoms with Gasteiger partial charge in [-0.05, 0) is 40.5 Å². The molecule has 2 aromatic heterocycles. The number of hydrogen-bond acceptors (Lipinski definition) is 4. The largest absolute Gasteiger partial charge is 0.273 e. The molecular formula is C10H12BrN3O2S2. The smallest absolute Gasteiger partial charge is 0.250 e. The van der Waals surface area contributed by atoms with Crippen molar-refractivity contribution in [1.29, 1.82) is 0 Å². The number of sulfonamides is 1. The molecular weight excluding hydrogens is 338 g/mol. The molecule has 18 heavy (non-hydrogen) atoms. The maximum absolute atomic E-state index is 11.9. The molecule has 2 aromatic rings. The van der Waals surface area contributed by atoms with E-state index in [9.17, 15) is 8.42 Å². The van der Waals surface area contributed by atoms with Crippen molar-refractivity contribution in [2.45, 2.75) is 17.2 Å². The van der Waals surface area contributed by atoms with Gasteiger partial charge in [-0.2, -0.15) is 5.10 Å². The molecule has 0 bridgehead atoms. The molecule has 0 unspecified atom stereocenters. The van der Waals surface area contributed by atoms with Crippen molar-refractivity contribution in [3.63, 3.8) is 0 Å². The Morgan fingerprint density at radius 2 is 2.28 bits per heavy atom. The van der Waals surface area contributed by atoms with Crippen LogP contribution >= 0.6 is 27.3 Å². The van der Waals surface area contributed by atoms with E-state index in [1.165, 1.54) is 11.3 Å². The van der Waals surface area contributed by atoms with Crippen LogP contribution < -0.4 is 4.72 Å². The normalized spacial score (nSPS) is 11.8. The first-order chi connectivity index (χ1) is 8.58. The van der Waals surface area contributed by atoms with Crippen LogP contribution in [-0.2, 0) is 16.6 Å². The summed E-state index contributed by atoms with van der Waals surface area (Å²) in [6.45, 7) is 1.10. The van der Waals surface area contributed by atoms with Gasteiger partial charge in [0.05, 0.1) is 3.79 Å². The third-order valence-electron chi connectivity index (χ3n) is 2.23. The Balaban J connectivity index is 1.82. The molecule has 0 saturated heterocycles. The van der Waals surface area contributed by atoms with Gasteiger partial charge in [0.15, 0.2) is 0 Å². The van der Waals surface area contributed by atoms with Crippen molar-refractivity contribution in [2.24, 2.45) is 0 Å². The summed E-state index contributed by atoms with van der Waals surface area (Å²) in [5.74, 6) is 0. The summed E-state index contributed by atoms with van der Waals surface area (Å²) in [7, 11) is -3.37. The average molecular weight is 350 g/mol. The molecule has 0 aliphatic rings. The zero-order chi connectivity index (χ0) is 13.0. The van der Waals surface area contributed by atoms with Crippen LogP contribution in [0.15, 0.2) is 38.6 Å². The van der Waals surface area contributed by atoms with E-state index < -0.39 is 10.0 Å². The highest BCUT2D eigenvalue weighted by molar-refractivity contribution is 9.11. The van der Waals surface area contributed by atoms with Gasteiger partial charge >= 0.3 is 0 Å². The number of halogens is 1. The number of nitrogens with zero attached hydrogens (tertiary/aromatic N) is 2. The Morgan fingerprint density at radius 1 is 1.44 bits per heavy atom. The molecule has 0 aromatic carbocycles. The average Bonchev–Trinajstić information content (AvgIpc) is 2.95. The van der Waals surface area contributed by atoms with Crippen LogP contribution in [0.2, 0.25) is 0 Å². The van der Waals surface area contributed by atoms with Gasteiger partial charge in [0.1, 0.15) is 4.21 Å². The van der Waals surface area contributed by atoms with E-state index in [-0.39, 0.29) is 0 Å². The maximum Gasteiger partial charge on any atom is 0.250 e. The van der Waals surface area contributed by atoms with Gasteiger partial charge in [-0.25, -0.2) is 13.1 Å². The lowest BCUT2D eigenvalue weighted by Crippen LogP contribution is -2.24. The van der Waals surface area contributed by atoms with Gasteiger partial charge in [0, 0.05) is 25.5 Å². The Morgan fingerprint density at radius 3 is 2.89 bits per heavy atom. The fourth-order valence-electron chi connectivity index (χ4n) is 1.39. The highest BCUT2D eigenvalue weighted by atomic mass is 79.9. The van der Waals surface area contributed by atoms with Gasteiger partial charge in [-0.15, -0.1) is 11.3 Å². The molecule has 0 radical (unpaired) electrons. The number of aromatic nitrogens is 2. The van der Waals surface area contributed by atoms with Gasteiger partial charge < -0.3 is 0 Å². The van der Waals surface area contributed by atoms with Gasteiger partial charge in [-0.3, -0.25) is 4.68 Å². The van der Waals surface area contributed by atoms with E-state index in [0.717, 1.165) is 3.79 Å². The lowest BCUT2D eigenvalue weighted by molar-refractivity contribution is 0.554. The molecule has 0 atom stereocenters. The lowest BCUT2D eigenvalue weighted by atomic mass is 10.4. The number of thiophene rings is 1. The fraction of sp³-hybridized carbons (Fsp3) is 0.300. The van der Waals surface area contributed by atoms with Crippen molar-refractivity contribution in [2.75, 3.05) is 6.54 Å². The predicted molar refractivity (Wildman–Crippen MR) is 74.1 cm³/mol. The minimum Gasteiger partial charge on any atom is -0.273 e. The molecule has 0 fully saturated rings.